The Morgan fingerprint density at radius 1 is 1.19 bits per heavy atom. The van der Waals surface area contributed by atoms with Crippen molar-refractivity contribution in [2.75, 3.05) is 31.6 Å². The number of primary amides is 1. The van der Waals surface area contributed by atoms with Gasteiger partial charge in [-0.25, -0.2) is 0 Å². The van der Waals surface area contributed by atoms with Gasteiger partial charge in [-0.15, -0.1) is 0 Å². The van der Waals surface area contributed by atoms with Crippen molar-refractivity contribution in [2.45, 2.75) is 19.1 Å². The van der Waals surface area contributed by atoms with Gasteiger partial charge >= 0.3 is 6.18 Å². The fraction of sp³-hybridized carbons (Fsp3) is 0.318. The monoisotopic (exact) mass is 446 g/mol. The normalized spacial score (nSPS) is 16.4. The van der Waals surface area contributed by atoms with Crippen LogP contribution in [-0.2, 0) is 11.0 Å². The second-order valence-electron chi connectivity index (χ2n) is 7.38. The molecule has 2 amide bonds. The second-order valence-corrected chi connectivity index (χ2v) is 7.38. The summed E-state index contributed by atoms with van der Waals surface area (Å²) in [6, 6.07) is 8.77. The van der Waals surface area contributed by atoms with Crippen molar-refractivity contribution in [1.29, 1.82) is 5.26 Å². The lowest BCUT2D eigenvalue weighted by molar-refractivity contribution is -0.137. The van der Waals surface area contributed by atoms with Gasteiger partial charge in [-0.1, -0.05) is 0 Å². The van der Waals surface area contributed by atoms with E-state index in [2.05, 4.69) is 0 Å². The van der Waals surface area contributed by atoms with Gasteiger partial charge in [-0.2, -0.15) is 18.4 Å². The first-order valence-corrected chi connectivity index (χ1v) is 9.68. The molecule has 0 radical (unpaired) electrons. The Bertz CT molecular complexity index is 1090. The van der Waals surface area contributed by atoms with Crippen molar-refractivity contribution in [3.63, 3.8) is 0 Å². The van der Waals surface area contributed by atoms with E-state index in [0.717, 1.165) is 12.1 Å². The van der Waals surface area contributed by atoms with Crippen LogP contribution in [0.2, 0.25) is 0 Å². The molecule has 1 aliphatic rings. The molecule has 2 N–H and O–H groups in total. The van der Waals surface area contributed by atoms with E-state index in [1.54, 1.807) is 30.0 Å². The Balaban J connectivity index is 1.88. The zero-order valence-electron chi connectivity index (χ0n) is 17.4. The highest BCUT2D eigenvalue weighted by molar-refractivity contribution is 5.99. The van der Waals surface area contributed by atoms with Crippen molar-refractivity contribution in [1.82, 2.24) is 4.90 Å². The third-order valence-corrected chi connectivity index (χ3v) is 5.43. The molecule has 2 aromatic rings. The quantitative estimate of drug-likeness (QED) is 0.779. The number of amides is 2. The molecule has 10 heteroatoms. The number of hydrogen-bond donors (Lipinski definition) is 1. The summed E-state index contributed by atoms with van der Waals surface area (Å²) in [6.45, 7) is 1.94. The number of methoxy groups -OCH3 is 1. The Hall–Kier alpha value is -3.74. The fourth-order valence-corrected chi connectivity index (χ4v) is 3.72. The van der Waals surface area contributed by atoms with Crippen LogP contribution in [-0.4, -0.2) is 49.5 Å². The smallest absolute Gasteiger partial charge is 0.417 e. The summed E-state index contributed by atoms with van der Waals surface area (Å²) in [6.07, 6.45) is -4.70. The zero-order valence-corrected chi connectivity index (χ0v) is 17.4. The Kier molecular flexibility index (Phi) is 6.30. The molecule has 1 saturated heterocycles. The van der Waals surface area contributed by atoms with Crippen LogP contribution in [0.4, 0.5) is 18.9 Å². The number of aryl methyl sites for hydroxylation is 1. The molecule has 1 heterocycles. The van der Waals surface area contributed by atoms with Gasteiger partial charge in [0.2, 0.25) is 5.91 Å². The maximum atomic E-state index is 13.3. The lowest BCUT2D eigenvalue weighted by Gasteiger charge is -2.41. The summed E-state index contributed by atoms with van der Waals surface area (Å²) in [7, 11) is 1.51. The van der Waals surface area contributed by atoms with Crippen molar-refractivity contribution in [3.05, 3.63) is 58.7 Å². The number of halogens is 3. The van der Waals surface area contributed by atoms with Crippen LogP contribution >= 0.6 is 0 Å². The first-order chi connectivity index (χ1) is 15.1. The third kappa shape index (κ3) is 4.46. The van der Waals surface area contributed by atoms with Gasteiger partial charge in [0.25, 0.3) is 5.91 Å². The molecule has 1 atom stereocenters. The highest BCUT2D eigenvalue weighted by Crippen LogP contribution is 2.35. The van der Waals surface area contributed by atoms with Crippen LogP contribution in [0.5, 0.6) is 5.75 Å². The van der Waals surface area contributed by atoms with Gasteiger partial charge in [0, 0.05) is 30.9 Å². The molecule has 32 heavy (non-hydrogen) atoms. The van der Waals surface area contributed by atoms with Crippen molar-refractivity contribution in [2.24, 2.45) is 5.73 Å². The molecule has 1 aliphatic heterocycles. The average molecular weight is 446 g/mol. The van der Waals surface area contributed by atoms with E-state index in [9.17, 15) is 22.8 Å². The van der Waals surface area contributed by atoms with E-state index in [1.165, 1.54) is 24.1 Å². The van der Waals surface area contributed by atoms with E-state index >= 15 is 0 Å². The third-order valence-electron chi connectivity index (χ3n) is 5.43. The Morgan fingerprint density at radius 3 is 2.47 bits per heavy atom. The minimum Gasteiger partial charge on any atom is -0.497 e. The molecule has 1 unspecified atom stereocenters. The summed E-state index contributed by atoms with van der Waals surface area (Å²) in [5.41, 5.74) is 5.22. The predicted molar refractivity (Wildman–Crippen MR) is 110 cm³/mol. The molecule has 168 valence electrons. The molecule has 3 rings (SSSR count). The molecule has 0 aliphatic carbocycles. The number of carbonyl (C=O) groups excluding carboxylic acids is 2. The van der Waals surface area contributed by atoms with E-state index in [1.807, 2.05) is 0 Å². The lowest BCUT2D eigenvalue weighted by Crippen LogP contribution is -2.60. The highest BCUT2D eigenvalue weighted by atomic mass is 19.4. The molecule has 2 aromatic carbocycles. The summed E-state index contributed by atoms with van der Waals surface area (Å²) in [5.74, 6) is -0.583. The van der Waals surface area contributed by atoms with Crippen LogP contribution in [0, 0.1) is 18.3 Å². The minimum atomic E-state index is -4.70. The number of rotatable bonds is 4. The number of benzene rings is 2. The SMILES string of the molecule is COc1ccc(C(=O)N2CCN(c3ccc(C#N)c(C(F)(F)F)c3)CC2C(N)=O)c(C)c1. The second kappa shape index (κ2) is 8.78. The van der Waals surface area contributed by atoms with Crippen LogP contribution in [0.25, 0.3) is 0 Å². The molecule has 0 aromatic heterocycles. The first-order valence-electron chi connectivity index (χ1n) is 9.68. The highest BCUT2D eigenvalue weighted by Gasteiger charge is 2.37. The van der Waals surface area contributed by atoms with Gasteiger partial charge in [-0.05, 0) is 48.9 Å². The lowest BCUT2D eigenvalue weighted by atomic mass is 10.0. The number of nitriles is 1. The fourth-order valence-electron chi connectivity index (χ4n) is 3.72. The summed E-state index contributed by atoms with van der Waals surface area (Å²) in [5, 5.41) is 8.98. The number of hydrogen-bond acceptors (Lipinski definition) is 5. The maximum Gasteiger partial charge on any atom is 0.417 e. The van der Waals surface area contributed by atoms with Crippen molar-refractivity contribution >= 4 is 17.5 Å². The van der Waals surface area contributed by atoms with E-state index in [0.29, 0.717) is 16.9 Å². The average Bonchev–Trinajstić information content (AvgIpc) is 2.77. The molecule has 0 spiro atoms. The topological polar surface area (TPSA) is 99.7 Å². The van der Waals surface area contributed by atoms with Gasteiger partial charge < -0.3 is 20.3 Å². The summed E-state index contributed by atoms with van der Waals surface area (Å²) >= 11 is 0. The summed E-state index contributed by atoms with van der Waals surface area (Å²) < 4.78 is 45.1. The number of carbonyl (C=O) groups is 2. The Morgan fingerprint density at radius 2 is 1.91 bits per heavy atom. The zero-order chi connectivity index (χ0) is 23.6. The Labute approximate surface area is 182 Å². The number of alkyl halides is 3. The molecule has 1 fully saturated rings. The number of nitrogens with zero attached hydrogens (tertiary/aromatic N) is 3. The first kappa shape index (κ1) is 22.9. The summed E-state index contributed by atoms with van der Waals surface area (Å²) in [4.78, 5) is 28.2. The van der Waals surface area contributed by atoms with Crippen LogP contribution in [0.15, 0.2) is 36.4 Å². The predicted octanol–water partition coefficient (Wildman–Crippen LogP) is 2.71. The minimum absolute atomic E-state index is 0.0700. The molecule has 7 nitrogen and oxygen atoms in total. The van der Waals surface area contributed by atoms with Crippen molar-refractivity contribution in [3.8, 4) is 11.8 Å². The standard InChI is InChI=1S/C22H21F3N4O3/c1-13-9-16(32-2)5-6-17(13)21(31)29-8-7-28(12-19(29)20(27)30)15-4-3-14(11-26)18(10-15)22(23,24)25/h3-6,9-10,19H,7-8,12H2,1-2H3,(H2,27,30). The maximum absolute atomic E-state index is 13.3. The number of nitrogens with two attached hydrogens (primary N) is 1. The number of ether oxygens (including phenoxy) is 1. The number of piperazine rings is 1. The van der Waals surface area contributed by atoms with Crippen LogP contribution < -0.4 is 15.4 Å². The molecular weight excluding hydrogens is 425 g/mol. The van der Waals surface area contributed by atoms with Gasteiger partial charge in [0.15, 0.2) is 0 Å². The molecule has 0 saturated carbocycles. The van der Waals surface area contributed by atoms with E-state index in [4.69, 9.17) is 15.7 Å². The molecular formula is C22H21F3N4O3. The van der Waals surface area contributed by atoms with Gasteiger partial charge in [0.1, 0.15) is 11.8 Å². The largest absolute Gasteiger partial charge is 0.497 e. The van der Waals surface area contributed by atoms with Crippen LogP contribution in [0.3, 0.4) is 0 Å². The van der Waals surface area contributed by atoms with Gasteiger partial charge in [0.05, 0.1) is 24.3 Å². The van der Waals surface area contributed by atoms with E-state index < -0.39 is 35.2 Å². The number of anilines is 1. The van der Waals surface area contributed by atoms with Crippen molar-refractivity contribution < 1.29 is 27.5 Å². The molecule has 0 bridgehead atoms. The van der Waals surface area contributed by atoms with E-state index in [-0.39, 0.29) is 25.3 Å². The van der Waals surface area contributed by atoms with Crippen LogP contribution in [0.1, 0.15) is 27.0 Å². The van der Waals surface area contributed by atoms with Gasteiger partial charge in [-0.3, -0.25) is 9.59 Å².